The van der Waals surface area contributed by atoms with E-state index in [-0.39, 0.29) is 11.7 Å². The lowest BCUT2D eigenvalue weighted by molar-refractivity contribution is -0.137. The lowest BCUT2D eigenvalue weighted by Gasteiger charge is -2.17. The number of rotatable bonds is 4. The van der Waals surface area contributed by atoms with Crippen molar-refractivity contribution in [2.75, 3.05) is 5.32 Å². The normalized spacial score (nSPS) is 13.2. The zero-order valence-corrected chi connectivity index (χ0v) is 10.7. The molecule has 0 saturated heterocycles. The topological polar surface area (TPSA) is 29.9 Å². The van der Waals surface area contributed by atoms with Crippen molar-refractivity contribution in [3.05, 3.63) is 48.3 Å². The quantitative estimate of drug-likeness (QED) is 0.872. The molecule has 1 aromatic carbocycles. The second-order valence-electron chi connectivity index (χ2n) is 4.50. The van der Waals surface area contributed by atoms with Gasteiger partial charge < -0.3 is 9.88 Å². The van der Waals surface area contributed by atoms with Gasteiger partial charge in [-0.1, -0.05) is 0 Å². The van der Waals surface area contributed by atoms with Crippen molar-refractivity contribution in [3.63, 3.8) is 0 Å². The van der Waals surface area contributed by atoms with Gasteiger partial charge in [-0.3, -0.25) is 0 Å². The third kappa shape index (κ3) is 3.49. The molecule has 0 amide bonds. The summed E-state index contributed by atoms with van der Waals surface area (Å²) < 4.78 is 52.7. The zero-order valence-electron chi connectivity index (χ0n) is 10.7. The van der Waals surface area contributed by atoms with Crippen molar-refractivity contribution in [2.24, 2.45) is 0 Å². The first-order valence-corrected chi connectivity index (χ1v) is 5.95. The molecule has 1 atom stereocenters. The van der Waals surface area contributed by atoms with Gasteiger partial charge in [-0.2, -0.15) is 13.2 Å². The van der Waals surface area contributed by atoms with E-state index in [0.717, 1.165) is 12.1 Å². The Labute approximate surface area is 113 Å². The maximum absolute atomic E-state index is 13.6. The van der Waals surface area contributed by atoms with Crippen LogP contribution in [0.15, 0.2) is 36.9 Å². The van der Waals surface area contributed by atoms with Crippen LogP contribution in [0, 0.1) is 5.82 Å². The van der Waals surface area contributed by atoms with Crippen molar-refractivity contribution in [1.29, 1.82) is 0 Å². The lowest BCUT2D eigenvalue weighted by atomic mass is 10.1. The van der Waals surface area contributed by atoms with Crippen molar-refractivity contribution in [2.45, 2.75) is 25.7 Å². The first kappa shape index (κ1) is 14.4. The second-order valence-corrected chi connectivity index (χ2v) is 4.50. The van der Waals surface area contributed by atoms with Crippen LogP contribution in [0.1, 0.15) is 12.5 Å². The monoisotopic (exact) mass is 287 g/mol. The Balaban J connectivity index is 2.06. The summed E-state index contributed by atoms with van der Waals surface area (Å²) in [6, 6.07) is 2.29. The van der Waals surface area contributed by atoms with E-state index < -0.39 is 17.6 Å². The average Bonchev–Trinajstić information content (AvgIpc) is 2.83. The fourth-order valence-corrected chi connectivity index (χ4v) is 1.83. The summed E-state index contributed by atoms with van der Waals surface area (Å²) in [6.07, 6.45) is 0.440. The Bertz CT molecular complexity index is 563. The minimum atomic E-state index is -4.54. The van der Waals surface area contributed by atoms with Crippen LogP contribution in [0.3, 0.4) is 0 Å². The molecule has 0 saturated carbocycles. The minimum Gasteiger partial charge on any atom is -0.378 e. The van der Waals surface area contributed by atoms with Crippen LogP contribution in [-0.4, -0.2) is 15.6 Å². The van der Waals surface area contributed by atoms with Gasteiger partial charge in [-0.25, -0.2) is 9.37 Å². The summed E-state index contributed by atoms with van der Waals surface area (Å²) in [6.45, 7) is 2.33. The molecule has 1 N–H and O–H groups in total. The fraction of sp³-hybridized carbons (Fsp3) is 0.308. The van der Waals surface area contributed by atoms with E-state index in [0.29, 0.717) is 12.6 Å². The van der Waals surface area contributed by atoms with E-state index in [1.807, 2.05) is 0 Å². The van der Waals surface area contributed by atoms with Crippen molar-refractivity contribution >= 4 is 5.69 Å². The Morgan fingerprint density at radius 2 is 2.10 bits per heavy atom. The van der Waals surface area contributed by atoms with Gasteiger partial charge in [0.15, 0.2) is 0 Å². The highest BCUT2D eigenvalue weighted by atomic mass is 19.4. The van der Waals surface area contributed by atoms with Crippen LogP contribution in [0.25, 0.3) is 0 Å². The van der Waals surface area contributed by atoms with Gasteiger partial charge in [-0.05, 0) is 25.1 Å². The molecular weight excluding hydrogens is 274 g/mol. The molecule has 0 fully saturated rings. The van der Waals surface area contributed by atoms with Crippen LogP contribution in [0.2, 0.25) is 0 Å². The molecule has 1 heterocycles. The number of benzene rings is 1. The number of alkyl halides is 3. The SMILES string of the molecule is CC(Cn1ccnc1)Nc1ccc(C(F)(F)F)cc1F. The Hall–Kier alpha value is -2.05. The molecular formula is C13H13F4N3. The molecule has 20 heavy (non-hydrogen) atoms. The Morgan fingerprint density at radius 1 is 1.35 bits per heavy atom. The predicted octanol–water partition coefficient (Wildman–Crippen LogP) is 3.54. The third-order valence-electron chi connectivity index (χ3n) is 2.74. The maximum Gasteiger partial charge on any atom is 0.416 e. The number of halogens is 4. The van der Waals surface area contributed by atoms with Crippen LogP contribution < -0.4 is 5.32 Å². The standard InChI is InChI=1S/C13H13F4N3/c1-9(7-20-5-4-18-8-20)19-12-3-2-10(6-11(12)14)13(15,16)17/h2-6,8-9,19H,7H2,1H3. The van der Waals surface area contributed by atoms with Gasteiger partial charge in [0.25, 0.3) is 0 Å². The number of hydrogen-bond acceptors (Lipinski definition) is 2. The number of nitrogens with one attached hydrogen (secondary N) is 1. The van der Waals surface area contributed by atoms with E-state index in [4.69, 9.17) is 0 Å². The van der Waals surface area contributed by atoms with Gasteiger partial charge in [-0.15, -0.1) is 0 Å². The molecule has 0 aliphatic carbocycles. The lowest BCUT2D eigenvalue weighted by Crippen LogP contribution is -2.22. The van der Waals surface area contributed by atoms with Gasteiger partial charge >= 0.3 is 6.18 Å². The predicted molar refractivity (Wildman–Crippen MR) is 66.7 cm³/mol. The van der Waals surface area contributed by atoms with Gasteiger partial charge in [0.1, 0.15) is 5.82 Å². The van der Waals surface area contributed by atoms with Crippen molar-refractivity contribution in [3.8, 4) is 0 Å². The number of imidazole rings is 1. The van der Waals surface area contributed by atoms with Crippen LogP contribution in [-0.2, 0) is 12.7 Å². The average molecular weight is 287 g/mol. The first-order chi connectivity index (χ1) is 9.36. The summed E-state index contributed by atoms with van der Waals surface area (Å²) >= 11 is 0. The van der Waals surface area contributed by atoms with Crippen molar-refractivity contribution in [1.82, 2.24) is 9.55 Å². The molecule has 1 aromatic heterocycles. The summed E-state index contributed by atoms with van der Waals surface area (Å²) in [4.78, 5) is 3.87. The largest absolute Gasteiger partial charge is 0.416 e. The van der Waals surface area contributed by atoms with E-state index in [1.165, 1.54) is 0 Å². The number of anilines is 1. The van der Waals surface area contributed by atoms with E-state index in [2.05, 4.69) is 10.3 Å². The molecule has 0 aliphatic rings. The Kier molecular flexibility index (Phi) is 3.96. The first-order valence-electron chi connectivity index (χ1n) is 5.95. The maximum atomic E-state index is 13.6. The molecule has 3 nitrogen and oxygen atoms in total. The fourth-order valence-electron chi connectivity index (χ4n) is 1.83. The molecule has 7 heteroatoms. The molecule has 0 aliphatic heterocycles. The summed E-state index contributed by atoms with van der Waals surface area (Å²) in [5.41, 5.74) is -0.951. The molecule has 2 aromatic rings. The summed E-state index contributed by atoms with van der Waals surface area (Å²) in [5.74, 6) is -0.919. The highest BCUT2D eigenvalue weighted by Crippen LogP contribution is 2.31. The number of nitrogens with zero attached hydrogens (tertiary/aromatic N) is 2. The molecule has 2 rings (SSSR count). The van der Waals surface area contributed by atoms with Crippen LogP contribution in [0.4, 0.5) is 23.2 Å². The molecule has 0 bridgehead atoms. The number of aromatic nitrogens is 2. The van der Waals surface area contributed by atoms with Crippen LogP contribution in [0.5, 0.6) is 0 Å². The van der Waals surface area contributed by atoms with Gasteiger partial charge in [0.2, 0.25) is 0 Å². The van der Waals surface area contributed by atoms with E-state index in [1.54, 1.807) is 30.2 Å². The van der Waals surface area contributed by atoms with E-state index in [9.17, 15) is 17.6 Å². The third-order valence-corrected chi connectivity index (χ3v) is 2.74. The highest BCUT2D eigenvalue weighted by molar-refractivity contribution is 5.47. The summed E-state index contributed by atoms with van der Waals surface area (Å²) in [5, 5.41) is 2.84. The molecule has 0 radical (unpaired) electrons. The highest BCUT2D eigenvalue weighted by Gasteiger charge is 2.31. The molecule has 1 unspecified atom stereocenters. The van der Waals surface area contributed by atoms with Gasteiger partial charge in [0, 0.05) is 25.0 Å². The molecule has 0 spiro atoms. The minimum absolute atomic E-state index is 0.0469. The summed E-state index contributed by atoms with van der Waals surface area (Å²) in [7, 11) is 0. The van der Waals surface area contributed by atoms with Crippen LogP contribution >= 0.6 is 0 Å². The second kappa shape index (κ2) is 5.52. The van der Waals surface area contributed by atoms with E-state index >= 15 is 0 Å². The Morgan fingerprint density at radius 3 is 2.65 bits per heavy atom. The van der Waals surface area contributed by atoms with Crippen molar-refractivity contribution < 1.29 is 17.6 Å². The number of hydrogen-bond donors (Lipinski definition) is 1. The smallest absolute Gasteiger partial charge is 0.378 e. The zero-order chi connectivity index (χ0) is 14.8. The molecule has 108 valence electrons. The van der Waals surface area contributed by atoms with Gasteiger partial charge in [0.05, 0.1) is 17.6 Å².